The lowest BCUT2D eigenvalue weighted by Gasteiger charge is -2.16. The van der Waals surface area contributed by atoms with Gasteiger partial charge in [0.1, 0.15) is 0 Å². The highest BCUT2D eigenvalue weighted by Gasteiger charge is 2.18. The van der Waals surface area contributed by atoms with Crippen LogP contribution >= 0.6 is 0 Å². The summed E-state index contributed by atoms with van der Waals surface area (Å²) in [5, 5.41) is 10.6. The van der Waals surface area contributed by atoms with E-state index in [2.05, 4.69) is 27.7 Å². The van der Waals surface area contributed by atoms with Crippen LogP contribution in [0.4, 0.5) is 5.82 Å². The Labute approximate surface area is 94.8 Å². The zero-order chi connectivity index (χ0) is 11.4. The van der Waals surface area contributed by atoms with Gasteiger partial charge in [-0.1, -0.05) is 12.2 Å². The highest BCUT2D eigenvalue weighted by atomic mass is 16.1. The number of amides is 1. The predicted octanol–water partition coefficient (Wildman–Crippen LogP) is 2.08. The van der Waals surface area contributed by atoms with E-state index >= 15 is 0 Å². The lowest BCUT2D eigenvalue weighted by atomic mass is 9.94. The predicted molar refractivity (Wildman–Crippen MR) is 61.9 cm³/mol. The molecule has 1 aromatic heterocycles. The molecule has 1 aliphatic rings. The monoisotopic (exact) mass is 217 g/mol. The van der Waals surface area contributed by atoms with Crippen molar-refractivity contribution in [1.82, 2.24) is 10.2 Å². The standard InChI is InChI=1S/C12H15N3O/c1-9-7-8-11(15-14-9)13-12(16)10-5-3-2-4-6-10/h2-3,7-8,10H,4-6H2,1H3,(H,13,15,16)/t10-/m0/s1. The van der Waals surface area contributed by atoms with Crippen LogP contribution < -0.4 is 5.32 Å². The second-order valence-corrected chi connectivity index (χ2v) is 4.03. The number of anilines is 1. The minimum Gasteiger partial charge on any atom is -0.309 e. The van der Waals surface area contributed by atoms with Gasteiger partial charge in [-0.15, -0.1) is 5.10 Å². The van der Waals surface area contributed by atoms with Crippen LogP contribution in [0.15, 0.2) is 24.3 Å². The normalized spacial score (nSPS) is 19.4. The molecule has 1 amide bonds. The second kappa shape index (κ2) is 4.88. The van der Waals surface area contributed by atoms with Gasteiger partial charge in [-0.05, 0) is 38.3 Å². The molecule has 2 rings (SSSR count). The van der Waals surface area contributed by atoms with E-state index in [1.54, 1.807) is 6.07 Å². The summed E-state index contributed by atoms with van der Waals surface area (Å²) in [6, 6.07) is 3.61. The Morgan fingerprint density at radius 1 is 1.38 bits per heavy atom. The van der Waals surface area contributed by atoms with E-state index in [-0.39, 0.29) is 11.8 Å². The summed E-state index contributed by atoms with van der Waals surface area (Å²) in [7, 11) is 0. The van der Waals surface area contributed by atoms with Gasteiger partial charge in [-0.3, -0.25) is 4.79 Å². The Bertz CT molecular complexity index is 397. The van der Waals surface area contributed by atoms with E-state index in [1.807, 2.05) is 13.0 Å². The Balaban J connectivity index is 1.96. The lowest BCUT2D eigenvalue weighted by Crippen LogP contribution is -2.24. The van der Waals surface area contributed by atoms with Crippen molar-refractivity contribution < 1.29 is 4.79 Å². The third-order valence-corrected chi connectivity index (χ3v) is 2.69. The van der Waals surface area contributed by atoms with E-state index < -0.39 is 0 Å². The van der Waals surface area contributed by atoms with Crippen LogP contribution in [0, 0.1) is 12.8 Å². The van der Waals surface area contributed by atoms with Crippen molar-refractivity contribution >= 4 is 11.7 Å². The van der Waals surface area contributed by atoms with Gasteiger partial charge in [0.15, 0.2) is 5.82 Å². The number of carbonyl (C=O) groups excluding carboxylic acids is 1. The summed E-state index contributed by atoms with van der Waals surface area (Å²) in [6.45, 7) is 1.87. The number of rotatable bonds is 2. The summed E-state index contributed by atoms with van der Waals surface area (Å²) in [6.07, 6.45) is 6.91. The molecule has 0 aliphatic heterocycles. The summed E-state index contributed by atoms with van der Waals surface area (Å²) in [4.78, 5) is 11.8. The quantitative estimate of drug-likeness (QED) is 0.772. The second-order valence-electron chi connectivity index (χ2n) is 4.03. The van der Waals surface area contributed by atoms with Crippen molar-refractivity contribution in [2.75, 3.05) is 5.32 Å². The fourth-order valence-corrected chi connectivity index (χ4v) is 1.73. The molecule has 0 saturated carbocycles. The van der Waals surface area contributed by atoms with Crippen molar-refractivity contribution in [1.29, 1.82) is 0 Å². The van der Waals surface area contributed by atoms with Gasteiger partial charge in [-0.25, -0.2) is 0 Å². The Kier molecular flexibility index (Phi) is 3.29. The lowest BCUT2D eigenvalue weighted by molar-refractivity contribution is -0.120. The first-order valence-electron chi connectivity index (χ1n) is 5.52. The summed E-state index contributed by atoms with van der Waals surface area (Å²) < 4.78 is 0. The topological polar surface area (TPSA) is 54.9 Å². The molecule has 16 heavy (non-hydrogen) atoms. The van der Waals surface area contributed by atoms with Crippen LogP contribution in [0.5, 0.6) is 0 Å². The van der Waals surface area contributed by atoms with E-state index in [4.69, 9.17) is 0 Å². The number of nitrogens with one attached hydrogen (secondary N) is 1. The van der Waals surface area contributed by atoms with Gasteiger partial charge < -0.3 is 5.32 Å². The van der Waals surface area contributed by atoms with Gasteiger partial charge in [0, 0.05) is 5.92 Å². The number of nitrogens with zero attached hydrogens (tertiary/aromatic N) is 2. The molecule has 1 aromatic rings. The first-order chi connectivity index (χ1) is 7.75. The molecule has 4 heteroatoms. The third kappa shape index (κ3) is 2.66. The molecular formula is C12H15N3O. The van der Waals surface area contributed by atoms with Crippen LogP contribution in [0.3, 0.4) is 0 Å². The number of aryl methyl sites for hydroxylation is 1. The smallest absolute Gasteiger partial charge is 0.229 e. The SMILES string of the molecule is Cc1ccc(NC(=O)[C@H]2CC=CCC2)nn1. The van der Waals surface area contributed by atoms with E-state index in [0.717, 1.165) is 25.0 Å². The average molecular weight is 217 g/mol. The average Bonchev–Trinajstić information content (AvgIpc) is 2.33. The molecule has 1 atom stereocenters. The zero-order valence-electron chi connectivity index (χ0n) is 9.31. The van der Waals surface area contributed by atoms with Gasteiger partial charge in [0.05, 0.1) is 5.69 Å². The first kappa shape index (κ1) is 10.8. The Morgan fingerprint density at radius 3 is 2.88 bits per heavy atom. The van der Waals surface area contributed by atoms with Gasteiger partial charge in [0.25, 0.3) is 0 Å². The van der Waals surface area contributed by atoms with Crippen molar-refractivity contribution in [3.63, 3.8) is 0 Å². The number of hydrogen-bond donors (Lipinski definition) is 1. The number of hydrogen-bond acceptors (Lipinski definition) is 3. The molecule has 0 spiro atoms. The molecule has 0 unspecified atom stereocenters. The molecule has 4 nitrogen and oxygen atoms in total. The maximum Gasteiger partial charge on any atom is 0.229 e. The van der Waals surface area contributed by atoms with Crippen LogP contribution in [-0.2, 0) is 4.79 Å². The van der Waals surface area contributed by atoms with Crippen LogP contribution in [0.1, 0.15) is 25.0 Å². The van der Waals surface area contributed by atoms with Crippen molar-refractivity contribution in [3.05, 3.63) is 30.0 Å². The van der Waals surface area contributed by atoms with Crippen LogP contribution in [-0.4, -0.2) is 16.1 Å². The maximum atomic E-state index is 11.8. The molecule has 0 saturated heterocycles. The van der Waals surface area contributed by atoms with E-state index in [0.29, 0.717) is 5.82 Å². The largest absolute Gasteiger partial charge is 0.309 e. The molecule has 1 aliphatic carbocycles. The number of allylic oxidation sites excluding steroid dienone is 2. The number of carbonyl (C=O) groups is 1. The fourth-order valence-electron chi connectivity index (χ4n) is 1.73. The molecule has 0 fully saturated rings. The maximum absolute atomic E-state index is 11.8. The highest BCUT2D eigenvalue weighted by Crippen LogP contribution is 2.19. The van der Waals surface area contributed by atoms with Gasteiger partial charge in [0.2, 0.25) is 5.91 Å². The zero-order valence-corrected chi connectivity index (χ0v) is 9.31. The molecule has 0 bridgehead atoms. The molecule has 1 heterocycles. The molecule has 84 valence electrons. The first-order valence-corrected chi connectivity index (χ1v) is 5.52. The molecule has 1 N–H and O–H groups in total. The van der Waals surface area contributed by atoms with Crippen molar-refractivity contribution in [2.45, 2.75) is 26.2 Å². The summed E-state index contributed by atoms with van der Waals surface area (Å²) in [5.74, 6) is 0.653. The summed E-state index contributed by atoms with van der Waals surface area (Å²) >= 11 is 0. The van der Waals surface area contributed by atoms with Gasteiger partial charge in [-0.2, -0.15) is 5.10 Å². The Hall–Kier alpha value is -1.71. The minimum atomic E-state index is 0.0440. The third-order valence-electron chi connectivity index (χ3n) is 2.69. The summed E-state index contributed by atoms with van der Waals surface area (Å²) in [5.41, 5.74) is 0.846. The van der Waals surface area contributed by atoms with E-state index in [1.165, 1.54) is 0 Å². The van der Waals surface area contributed by atoms with Crippen molar-refractivity contribution in [3.8, 4) is 0 Å². The van der Waals surface area contributed by atoms with E-state index in [9.17, 15) is 4.79 Å². The highest BCUT2D eigenvalue weighted by molar-refractivity contribution is 5.91. The molecule has 0 aromatic carbocycles. The van der Waals surface area contributed by atoms with Crippen LogP contribution in [0.25, 0.3) is 0 Å². The minimum absolute atomic E-state index is 0.0440. The van der Waals surface area contributed by atoms with Crippen molar-refractivity contribution in [2.24, 2.45) is 5.92 Å². The fraction of sp³-hybridized carbons (Fsp3) is 0.417. The van der Waals surface area contributed by atoms with Gasteiger partial charge >= 0.3 is 0 Å². The number of aromatic nitrogens is 2. The molecule has 0 radical (unpaired) electrons. The van der Waals surface area contributed by atoms with Crippen LogP contribution in [0.2, 0.25) is 0 Å². The Morgan fingerprint density at radius 2 is 2.25 bits per heavy atom. The molecular weight excluding hydrogens is 202 g/mol.